The molecule has 0 saturated heterocycles. The fraction of sp³-hybridized carbons (Fsp3) is 0.250. The lowest BCUT2D eigenvalue weighted by Gasteiger charge is -2.30. The lowest BCUT2D eigenvalue weighted by molar-refractivity contribution is -0.137. The number of hydrogen-bond acceptors (Lipinski definition) is 5. The van der Waals surface area contributed by atoms with E-state index in [1.165, 1.54) is 35.2 Å². The summed E-state index contributed by atoms with van der Waals surface area (Å²) in [6, 6.07) is 18.2. The number of carbonyl (C=O) groups is 2. The second-order valence-corrected chi connectivity index (χ2v) is 8.91. The highest BCUT2D eigenvalue weighted by Gasteiger charge is 2.31. The first-order chi connectivity index (χ1) is 19.2. The average Bonchev–Trinajstić information content (AvgIpc) is 3.40. The fourth-order valence-corrected chi connectivity index (χ4v) is 4.13. The summed E-state index contributed by atoms with van der Waals surface area (Å²) in [5.41, 5.74) is 0.670. The molecule has 0 aliphatic heterocycles. The van der Waals surface area contributed by atoms with Gasteiger partial charge in [0.2, 0.25) is 11.7 Å². The highest BCUT2D eigenvalue weighted by Crippen LogP contribution is 2.30. The Morgan fingerprint density at radius 1 is 1.00 bits per heavy atom. The van der Waals surface area contributed by atoms with Crippen molar-refractivity contribution in [2.24, 2.45) is 0 Å². The molecule has 12 heteroatoms. The van der Waals surface area contributed by atoms with Crippen LogP contribution in [0.3, 0.4) is 0 Å². The molecule has 0 spiro atoms. The smallest absolute Gasteiger partial charge is 0.354 e. The van der Waals surface area contributed by atoms with Gasteiger partial charge in [0, 0.05) is 17.8 Å². The molecular weight excluding hydrogens is 528 g/mol. The van der Waals surface area contributed by atoms with Crippen LogP contribution in [-0.4, -0.2) is 44.6 Å². The van der Waals surface area contributed by atoms with Gasteiger partial charge in [-0.2, -0.15) is 18.0 Å². The Hall–Kier alpha value is -4.61. The molecular formula is C28H26F4N6O2. The largest absolute Gasteiger partial charge is 0.416 e. The third kappa shape index (κ3) is 7.07. The maximum Gasteiger partial charge on any atom is 0.416 e. The van der Waals surface area contributed by atoms with Gasteiger partial charge < -0.3 is 5.32 Å². The van der Waals surface area contributed by atoms with E-state index >= 15 is 0 Å². The maximum absolute atomic E-state index is 14.1. The van der Waals surface area contributed by atoms with Crippen molar-refractivity contribution in [2.75, 3.05) is 11.4 Å². The normalized spacial score (nSPS) is 12.1. The van der Waals surface area contributed by atoms with Crippen LogP contribution in [0.15, 0.2) is 78.9 Å². The Labute approximate surface area is 227 Å². The van der Waals surface area contributed by atoms with Crippen LogP contribution in [0.1, 0.15) is 24.5 Å². The van der Waals surface area contributed by atoms with E-state index in [-0.39, 0.29) is 23.5 Å². The van der Waals surface area contributed by atoms with Gasteiger partial charge in [0.15, 0.2) is 0 Å². The molecule has 1 heterocycles. The topological polar surface area (TPSA) is 93.0 Å². The summed E-state index contributed by atoms with van der Waals surface area (Å²) in [5.74, 6) is -1.58. The molecule has 1 atom stereocenters. The van der Waals surface area contributed by atoms with Gasteiger partial charge in [-0.05, 0) is 54.0 Å². The van der Waals surface area contributed by atoms with Gasteiger partial charge in [0.1, 0.15) is 18.4 Å². The molecule has 4 aromatic rings. The van der Waals surface area contributed by atoms with Crippen LogP contribution in [-0.2, 0) is 28.7 Å². The van der Waals surface area contributed by atoms with Crippen LogP contribution in [0.25, 0.3) is 11.4 Å². The Bertz CT molecular complexity index is 1440. The van der Waals surface area contributed by atoms with Gasteiger partial charge in [-0.15, -0.1) is 10.2 Å². The van der Waals surface area contributed by atoms with Gasteiger partial charge in [-0.1, -0.05) is 55.5 Å². The van der Waals surface area contributed by atoms with Gasteiger partial charge in [-0.25, -0.2) is 4.39 Å². The van der Waals surface area contributed by atoms with Crippen LogP contribution in [0.2, 0.25) is 0 Å². The van der Waals surface area contributed by atoms with Crippen molar-refractivity contribution < 1.29 is 27.2 Å². The molecule has 40 heavy (non-hydrogen) atoms. The third-order valence-corrected chi connectivity index (χ3v) is 6.11. The molecule has 208 valence electrons. The van der Waals surface area contributed by atoms with Gasteiger partial charge >= 0.3 is 6.18 Å². The molecule has 0 radical (unpaired) electrons. The summed E-state index contributed by atoms with van der Waals surface area (Å²) in [5, 5.41) is 14.6. The molecule has 0 unspecified atom stereocenters. The number of amides is 2. The Balaban J connectivity index is 1.51. The number of halogens is 4. The van der Waals surface area contributed by atoms with E-state index in [9.17, 15) is 27.2 Å². The Morgan fingerprint density at radius 2 is 1.73 bits per heavy atom. The van der Waals surface area contributed by atoms with Gasteiger partial charge in [-0.3, -0.25) is 14.5 Å². The summed E-state index contributed by atoms with van der Waals surface area (Å²) in [4.78, 5) is 28.8. The van der Waals surface area contributed by atoms with E-state index in [4.69, 9.17) is 0 Å². The number of benzene rings is 3. The summed E-state index contributed by atoms with van der Waals surface area (Å²) >= 11 is 0. The molecule has 8 nitrogen and oxygen atoms in total. The van der Waals surface area contributed by atoms with Crippen molar-refractivity contribution in [2.45, 2.75) is 38.5 Å². The van der Waals surface area contributed by atoms with E-state index in [0.717, 1.165) is 28.6 Å². The van der Waals surface area contributed by atoms with E-state index in [2.05, 4.69) is 20.7 Å². The zero-order valence-electron chi connectivity index (χ0n) is 21.5. The minimum absolute atomic E-state index is 0.0181. The van der Waals surface area contributed by atoms with E-state index in [0.29, 0.717) is 13.0 Å². The lowest BCUT2D eigenvalue weighted by atomic mass is 10.1. The average molecular weight is 555 g/mol. The number of anilines is 1. The standard InChI is InChI=1S/C28H26F4N6O2/c1-2-24(27(40)33-16-15-19-7-4-3-5-8-19)38(23-10-6-9-22(29)17-23)25(39)18-37-35-26(34-36-37)20-11-13-21(14-12-20)28(30,31)32/h3-14,17,24H,2,15-16,18H2,1H3,(H,33,40)/t24-/m0/s1. The molecule has 0 aliphatic rings. The number of carbonyl (C=O) groups excluding carboxylic acids is 2. The van der Waals surface area contributed by atoms with E-state index in [1.807, 2.05) is 30.3 Å². The minimum Gasteiger partial charge on any atom is -0.354 e. The Kier molecular flexibility index (Phi) is 8.87. The third-order valence-electron chi connectivity index (χ3n) is 6.11. The van der Waals surface area contributed by atoms with Gasteiger partial charge in [0.25, 0.3) is 5.91 Å². The first-order valence-corrected chi connectivity index (χ1v) is 12.5. The zero-order chi connectivity index (χ0) is 28.7. The minimum atomic E-state index is -4.49. The number of rotatable bonds is 10. The summed E-state index contributed by atoms with van der Waals surface area (Å²) in [7, 11) is 0. The number of tetrazole rings is 1. The molecule has 0 saturated carbocycles. The molecule has 4 rings (SSSR count). The quantitative estimate of drug-likeness (QED) is 0.288. The van der Waals surface area contributed by atoms with Crippen LogP contribution >= 0.6 is 0 Å². The van der Waals surface area contributed by atoms with Gasteiger partial charge in [0.05, 0.1) is 5.56 Å². The molecule has 2 amide bonds. The van der Waals surface area contributed by atoms with Crippen molar-refractivity contribution in [1.82, 2.24) is 25.5 Å². The van der Waals surface area contributed by atoms with Crippen LogP contribution in [0.5, 0.6) is 0 Å². The summed E-state index contributed by atoms with van der Waals surface area (Å²) < 4.78 is 52.7. The maximum atomic E-state index is 14.1. The second-order valence-electron chi connectivity index (χ2n) is 8.91. The van der Waals surface area contributed by atoms with Crippen molar-refractivity contribution in [3.63, 3.8) is 0 Å². The zero-order valence-corrected chi connectivity index (χ0v) is 21.5. The van der Waals surface area contributed by atoms with Crippen molar-refractivity contribution >= 4 is 17.5 Å². The molecule has 3 aromatic carbocycles. The highest BCUT2D eigenvalue weighted by molar-refractivity contribution is 6.00. The molecule has 0 bridgehead atoms. The van der Waals surface area contributed by atoms with Crippen molar-refractivity contribution in [1.29, 1.82) is 0 Å². The summed E-state index contributed by atoms with van der Waals surface area (Å²) in [6.45, 7) is 1.63. The van der Waals surface area contributed by atoms with Crippen molar-refractivity contribution in [3.05, 3.63) is 95.8 Å². The monoisotopic (exact) mass is 554 g/mol. The lowest BCUT2D eigenvalue weighted by Crippen LogP contribution is -2.51. The predicted octanol–water partition coefficient (Wildman–Crippen LogP) is 4.67. The number of alkyl halides is 3. The van der Waals surface area contributed by atoms with Crippen LogP contribution < -0.4 is 10.2 Å². The van der Waals surface area contributed by atoms with Crippen LogP contribution in [0.4, 0.5) is 23.2 Å². The number of nitrogens with zero attached hydrogens (tertiary/aromatic N) is 5. The fourth-order valence-electron chi connectivity index (χ4n) is 4.13. The second kappa shape index (κ2) is 12.5. The highest BCUT2D eigenvalue weighted by atomic mass is 19.4. The molecule has 1 N–H and O–H groups in total. The Morgan fingerprint density at radius 3 is 2.38 bits per heavy atom. The number of nitrogens with one attached hydrogen (secondary N) is 1. The first-order valence-electron chi connectivity index (χ1n) is 12.5. The van der Waals surface area contributed by atoms with Crippen molar-refractivity contribution in [3.8, 4) is 11.4 Å². The van der Waals surface area contributed by atoms with E-state index < -0.39 is 42.0 Å². The molecule has 0 fully saturated rings. The SMILES string of the molecule is CC[C@@H](C(=O)NCCc1ccccc1)N(C(=O)Cn1nnc(-c2ccc(C(F)(F)F)cc2)n1)c1cccc(F)c1. The molecule has 1 aromatic heterocycles. The predicted molar refractivity (Wildman–Crippen MR) is 139 cm³/mol. The van der Waals surface area contributed by atoms with Crippen LogP contribution in [0, 0.1) is 5.82 Å². The summed E-state index contributed by atoms with van der Waals surface area (Å²) in [6.07, 6.45) is -3.66. The first kappa shape index (κ1) is 28.4. The number of hydrogen-bond donors (Lipinski definition) is 1. The van der Waals surface area contributed by atoms with E-state index in [1.54, 1.807) is 6.92 Å². The molecule has 0 aliphatic carbocycles. The number of aromatic nitrogens is 4.